The number of hydrogen-bond donors (Lipinski definition) is 1. The molecule has 1 aliphatic heterocycles. The average molecular weight is 283 g/mol. The van der Waals surface area contributed by atoms with E-state index in [9.17, 15) is 0 Å². The molecule has 5 nitrogen and oxygen atoms in total. The van der Waals surface area contributed by atoms with Crippen molar-refractivity contribution in [2.24, 2.45) is 0 Å². The highest BCUT2D eigenvalue weighted by molar-refractivity contribution is 5.37. The lowest BCUT2D eigenvalue weighted by atomic mass is 10.1. The van der Waals surface area contributed by atoms with Gasteiger partial charge in [-0.1, -0.05) is 31.2 Å². The van der Waals surface area contributed by atoms with Crippen LogP contribution in [-0.4, -0.2) is 38.8 Å². The van der Waals surface area contributed by atoms with E-state index in [4.69, 9.17) is 0 Å². The Kier molecular flexibility index (Phi) is 3.24. The number of benzene rings is 1. The van der Waals surface area contributed by atoms with Gasteiger partial charge < -0.3 is 9.88 Å². The first-order valence-corrected chi connectivity index (χ1v) is 7.78. The highest BCUT2D eigenvalue weighted by atomic mass is 15.3. The van der Waals surface area contributed by atoms with Gasteiger partial charge in [-0.2, -0.15) is 0 Å². The number of hydrogen-bond acceptors (Lipinski definition) is 4. The van der Waals surface area contributed by atoms with E-state index in [2.05, 4.69) is 56.2 Å². The Morgan fingerprint density at radius 1 is 1.29 bits per heavy atom. The van der Waals surface area contributed by atoms with Gasteiger partial charge in [0.05, 0.1) is 6.54 Å². The molecule has 1 aromatic heterocycles. The van der Waals surface area contributed by atoms with Crippen LogP contribution in [0.4, 0.5) is 0 Å². The number of aromatic nitrogens is 3. The molecule has 1 N–H and O–H groups in total. The highest BCUT2D eigenvalue weighted by Gasteiger charge is 2.37. The predicted molar refractivity (Wildman–Crippen MR) is 80.8 cm³/mol. The summed E-state index contributed by atoms with van der Waals surface area (Å²) in [6, 6.07) is 9.80. The molecule has 2 aliphatic rings. The maximum absolute atomic E-state index is 4.25. The minimum absolute atomic E-state index is 0.431. The van der Waals surface area contributed by atoms with Crippen LogP contribution in [0.15, 0.2) is 30.6 Å². The Morgan fingerprint density at radius 2 is 2.19 bits per heavy atom. The topological polar surface area (TPSA) is 46.0 Å². The molecule has 0 spiro atoms. The standard InChI is InChI=1S/C16H21N5/c1-2-17-16-13-6-4-3-5-12(13)9-14(16)20-7-8-21-11-18-19-15(21)10-20/h3-6,11,14,16-17H,2,7-10H2,1H3. The summed E-state index contributed by atoms with van der Waals surface area (Å²) in [4.78, 5) is 2.57. The molecule has 2 aromatic rings. The summed E-state index contributed by atoms with van der Waals surface area (Å²) in [6.45, 7) is 6.16. The molecule has 0 amide bonds. The number of nitrogens with one attached hydrogen (secondary N) is 1. The molecule has 0 saturated heterocycles. The molecule has 110 valence electrons. The van der Waals surface area contributed by atoms with E-state index < -0.39 is 0 Å². The van der Waals surface area contributed by atoms with Crippen molar-refractivity contribution in [3.8, 4) is 0 Å². The lowest BCUT2D eigenvalue weighted by molar-refractivity contribution is 0.129. The van der Waals surface area contributed by atoms with Crippen LogP contribution in [0, 0.1) is 0 Å². The van der Waals surface area contributed by atoms with E-state index in [1.165, 1.54) is 11.1 Å². The summed E-state index contributed by atoms with van der Waals surface area (Å²) in [5, 5.41) is 12.0. The van der Waals surface area contributed by atoms with Crippen LogP contribution in [0.3, 0.4) is 0 Å². The minimum atomic E-state index is 0.431. The van der Waals surface area contributed by atoms with Gasteiger partial charge in [-0.25, -0.2) is 0 Å². The van der Waals surface area contributed by atoms with Gasteiger partial charge in [0.2, 0.25) is 0 Å². The van der Waals surface area contributed by atoms with Crippen molar-refractivity contribution < 1.29 is 0 Å². The zero-order valence-electron chi connectivity index (χ0n) is 12.4. The molecule has 5 heteroatoms. The summed E-state index contributed by atoms with van der Waals surface area (Å²) in [7, 11) is 0. The van der Waals surface area contributed by atoms with Crippen LogP contribution in [0.25, 0.3) is 0 Å². The van der Waals surface area contributed by atoms with Crippen LogP contribution in [0.1, 0.15) is 29.9 Å². The molecule has 4 rings (SSSR count). The largest absolute Gasteiger partial charge is 0.315 e. The molecule has 0 radical (unpaired) electrons. The first kappa shape index (κ1) is 13.0. The number of rotatable bonds is 3. The molecule has 2 atom stereocenters. The molecule has 0 fully saturated rings. The van der Waals surface area contributed by atoms with Crippen molar-refractivity contribution in [2.45, 2.75) is 38.5 Å². The van der Waals surface area contributed by atoms with Crippen molar-refractivity contribution in [1.82, 2.24) is 25.0 Å². The lowest BCUT2D eigenvalue weighted by Gasteiger charge is -2.36. The first-order valence-electron chi connectivity index (χ1n) is 7.78. The Balaban J connectivity index is 1.61. The molecular formula is C16H21N5. The maximum atomic E-state index is 4.25. The molecule has 0 saturated carbocycles. The van der Waals surface area contributed by atoms with E-state index in [1.807, 2.05) is 6.33 Å². The van der Waals surface area contributed by atoms with Crippen molar-refractivity contribution >= 4 is 0 Å². The quantitative estimate of drug-likeness (QED) is 0.924. The number of likely N-dealkylation sites (N-methyl/N-ethyl adjacent to an activating group) is 1. The molecule has 2 heterocycles. The zero-order valence-corrected chi connectivity index (χ0v) is 12.4. The number of nitrogens with zero attached hydrogens (tertiary/aromatic N) is 4. The zero-order chi connectivity index (χ0) is 14.2. The second kappa shape index (κ2) is 5.24. The van der Waals surface area contributed by atoms with Crippen LogP contribution in [0.2, 0.25) is 0 Å². The fraction of sp³-hybridized carbons (Fsp3) is 0.500. The van der Waals surface area contributed by atoms with Gasteiger partial charge in [0.15, 0.2) is 0 Å². The van der Waals surface area contributed by atoms with E-state index in [0.717, 1.165) is 38.4 Å². The molecule has 1 aromatic carbocycles. The summed E-state index contributed by atoms with van der Waals surface area (Å²) in [5.41, 5.74) is 2.96. The van der Waals surface area contributed by atoms with Gasteiger partial charge in [-0.05, 0) is 24.1 Å². The summed E-state index contributed by atoms with van der Waals surface area (Å²) in [6.07, 6.45) is 2.97. The van der Waals surface area contributed by atoms with Crippen molar-refractivity contribution in [1.29, 1.82) is 0 Å². The third-order valence-corrected chi connectivity index (χ3v) is 4.77. The van der Waals surface area contributed by atoms with E-state index in [1.54, 1.807) is 0 Å². The Hall–Kier alpha value is -1.72. The molecule has 21 heavy (non-hydrogen) atoms. The van der Waals surface area contributed by atoms with Crippen LogP contribution in [-0.2, 0) is 19.5 Å². The Bertz CT molecular complexity index is 635. The highest BCUT2D eigenvalue weighted by Crippen LogP contribution is 2.35. The lowest BCUT2D eigenvalue weighted by Crippen LogP contribution is -2.46. The number of fused-ring (bicyclic) bond motifs is 2. The fourth-order valence-electron chi connectivity index (χ4n) is 3.75. The monoisotopic (exact) mass is 283 g/mol. The van der Waals surface area contributed by atoms with Crippen LogP contribution in [0.5, 0.6) is 0 Å². The molecular weight excluding hydrogens is 262 g/mol. The van der Waals surface area contributed by atoms with Gasteiger partial charge in [-0.15, -0.1) is 10.2 Å². The summed E-state index contributed by atoms with van der Waals surface area (Å²) in [5.74, 6) is 1.09. The third-order valence-electron chi connectivity index (χ3n) is 4.77. The van der Waals surface area contributed by atoms with Gasteiger partial charge >= 0.3 is 0 Å². The van der Waals surface area contributed by atoms with Crippen LogP contribution < -0.4 is 5.32 Å². The second-order valence-electron chi connectivity index (χ2n) is 5.92. The van der Waals surface area contributed by atoms with Crippen LogP contribution >= 0.6 is 0 Å². The molecule has 0 bridgehead atoms. The second-order valence-corrected chi connectivity index (χ2v) is 5.92. The van der Waals surface area contributed by atoms with Crippen molar-refractivity contribution in [3.05, 3.63) is 47.5 Å². The SMILES string of the molecule is CCNC1c2ccccc2CC1N1CCn2cnnc2C1. The Morgan fingerprint density at radius 3 is 3.10 bits per heavy atom. The Labute approximate surface area is 125 Å². The molecule has 1 aliphatic carbocycles. The molecule has 2 unspecified atom stereocenters. The van der Waals surface area contributed by atoms with Gasteiger partial charge in [0.1, 0.15) is 12.2 Å². The average Bonchev–Trinajstić information content (AvgIpc) is 3.11. The van der Waals surface area contributed by atoms with E-state index in [0.29, 0.717) is 12.1 Å². The summed E-state index contributed by atoms with van der Waals surface area (Å²) < 4.78 is 2.17. The minimum Gasteiger partial charge on any atom is -0.315 e. The maximum Gasteiger partial charge on any atom is 0.147 e. The smallest absolute Gasteiger partial charge is 0.147 e. The summed E-state index contributed by atoms with van der Waals surface area (Å²) >= 11 is 0. The fourth-order valence-corrected chi connectivity index (χ4v) is 3.75. The third kappa shape index (κ3) is 2.17. The normalized spacial score (nSPS) is 24.8. The van der Waals surface area contributed by atoms with Gasteiger partial charge in [-0.3, -0.25) is 4.90 Å². The van der Waals surface area contributed by atoms with Crippen molar-refractivity contribution in [3.63, 3.8) is 0 Å². The van der Waals surface area contributed by atoms with Crippen molar-refractivity contribution in [2.75, 3.05) is 13.1 Å². The van der Waals surface area contributed by atoms with Gasteiger partial charge in [0.25, 0.3) is 0 Å². The van der Waals surface area contributed by atoms with E-state index >= 15 is 0 Å². The van der Waals surface area contributed by atoms with Gasteiger partial charge in [0, 0.05) is 25.2 Å². The predicted octanol–water partition coefficient (Wildman–Crippen LogP) is 1.37. The first-order chi connectivity index (χ1) is 10.4. The van der Waals surface area contributed by atoms with E-state index in [-0.39, 0.29) is 0 Å².